The molecule has 0 heterocycles. The number of aryl methyl sites for hydroxylation is 1. The second-order valence-corrected chi connectivity index (χ2v) is 8.62. The Kier molecular flexibility index (Phi) is 14.4. The van der Waals surface area contributed by atoms with E-state index in [1.165, 1.54) is 32.1 Å². The molecule has 0 saturated heterocycles. The molecule has 7 heteroatoms. The molecule has 0 bridgehead atoms. The monoisotopic (exact) mass is 456 g/mol. The van der Waals surface area contributed by atoms with Crippen LogP contribution in [0.25, 0.3) is 0 Å². The maximum Gasteiger partial charge on any atom is 0.207 e. The Morgan fingerprint density at radius 1 is 1.27 bits per heavy atom. The van der Waals surface area contributed by atoms with Gasteiger partial charge in [0.05, 0.1) is 5.69 Å². The van der Waals surface area contributed by atoms with E-state index in [0.717, 1.165) is 11.3 Å². The van der Waals surface area contributed by atoms with Crippen LogP contribution in [0.5, 0.6) is 0 Å². The SMILES string of the molecule is C.C=NN(C(/C=C\C)=N/C(=C)NC1CCCCC1)c1ccccc1C.CC(C)(N)CNC=O. The van der Waals surface area contributed by atoms with Crippen molar-refractivity contribution >= 4 is 24.7 Å². The summed E-state index contributed by atoms with van der Waals surface area (Å²) in [6, 6.07) is 8.54. The molecule has 1 amide bonds. The Labute approximate surface area is 200 Å². The minimum absolute atomic E-state index is 0. The van der Waals surface area contributed by atoms with E-state index >= 15 is 0 Å². The molecule has 1 fully saturated rings. The Morgan fingerprint density at radius 2 is 1.91 bits per heavy atom. The van der Waals surface area contributed by atoms with E-state index in [9.17, 15) is 4.79 Å². The zero-order chi connectivity index (χ0) is 24.0. The molecule has 0 unspecified atom stereocenters. The Bertz CT molecular complexity index is 788. The van der Waals surface area contributed by atoms with E-state index in [1.807, 2.05) is 51.1 Å². The summed E-state index contributed by atoms with van der Waals surface area (Å²) in [4.78, 5) is 14.4. The van der Waals surface area contributed by atoms with Crippen molar-refractivity contribution in [2.75, 3.05) is 11.6 Å². The lowest BCUT2D eigenvalue weighted by molar-refractivity contribution is -0.109. The van der Waals surface area contributed by atoms with Gasteiger partial charge in [-0.15, -0.1) is 0 Å². The van der Waals surface area contributed by atoms with Gasteiger partial charge in [0.1, 0.15) is 5.82 Å². The third kappa shape index (κ3) is 12.0. The number of hydrogen-bond donors (Lipinski definition) is 3. The smallest absolute Gasteiger partial charge is 0.207 e. The predicted octanol–water partition coefficient (Wildman–Crippen LogP) is 4.89. The molecule has 4 N–H and O–H groups in total. The molecule has 0 aliphatic heterocycles. The zero-order valence-electron chi connectivity index (χ0n) is 20.1. The van der Waals surface area contributed by atoms with Gasteiger partial charge >= 0.3 is 0 Å². The molecule has 0 aromatic heterocycles. The first kappa shape index (κ1) is 30.1. The summed E-state index contributed by atoms with van der Waals surface area (Å²) >= 11 is 0. The van der Waals surface area contributed by atoms with E-state index in [-0.39, 0.29) is 13.0 Å². The van der Waals surface area contributed by atoms with Gasteiger partial charge in [0.2, 0.25) is 6.41 Å². The fourth-order valence-electron chi connectivity index (χ4n) is 3.34. The molecule has 1 aliphatic carbocycles. The van der Waals surface area contributed by atoms with Crippen molar-refractivity contribution in [3.05, 3.63) is 54.4 Å². The fraction of sp³-hybridized carbons (Fsp3) is 0.500. The molecule has 33 heavy (non-hydrogen) atoms. The highest BCUT2D eigenvalue weighted by Crippen LogP contribution is 2.22. The van der Waals surface area contributed by atoms with Gasteiger partial charge in [-0.3, -0.25) is 4.79 Å². The molecule has 1 saturated carbocycles. The normalized spacial score (nSPS) is 14.4. The number of rotatable bonds is 9. The van der Waals surface area contributed by atoms with Gasteiger partial charge in [-0.2, -0.15) is 5.10 Å². The first-order valence-electron chi connectivity index (χ1n) is 11.2. The number of nitrogens with zero attached hydrogens (tertiary/aromatic N) is 3. The van der Waals surface area contributed by atoms with E-state index in [1.54, 1.807) is 5.01 Å². The third-order valence-corrected chi connectivity index (χ3v) is 4.88. The largest absolute Gasteiger partial charge is 0.368 e. The number of carbonyl (C=O) groups is 1. The van der Waals surface area contributed by atoms with Crippen LogP contribution in [-0.4, -0.2) is 37.1 Å². The fourth-order valence-corrected chi connectivity index (χ4v) is 3.34. The predicted molar refractivity (Wildman–Crippen MR) is 144 cm³/mol. The number of hydrogen-bond acceptors (Lipinski definition) is 5. The second kappa shape index (κ2) is 15.8. The number of benzene rings is 1. The Morgan fingerprint density at radius 3 is 2.39 bits per heavy atom. The van der Waals surface area contributed by atoms with Crippen LogP contribution in [0.15, 0.2) is 58.9 Å². The Hall–Kier alpha value is -2.93. The highest BCUT2D eigenvalue weighted by Gasteiger charge is 2.15. The zero-order valence-corrected chi connectivity index (χ0v) is 20.1. The number of nitrogens with two attached hydrogens (primary N) is 1. The van der Waals surface area contributed by atoms with E-state index in [2.05, 4.69) is 47.0 Å². The molecule has 0 spiro atoms. The van der Waals surface area contributed by atoms with Crippen LogP contribution in [0.1, 0.15) is 65.9 Å². The summed E-state index contributed by atoms with van der Waals surface area (Å²) in [5, 5.41) is 11.9. The number of anilines is 1. The standard InChI is InChI=1S/C20H28N4.C5H12N2O.CH4/c1-5-11-20(23-17(3)22-18-13-7-6-8-14-18)24(21-4)19-15-10-9-12-16(19)2;1-5(2,6)3-7-4-8;/h5,9-12,15,18,22H,3-4,6-8,13-14H2,1-2H3;4H,3,6H2,1-2H3,(H,7,8);1H4/b11-5-,23-20+;;. The van der Waals surface area contributed by atoms with Crippen molar-refractivity contribution in [2.45, 2.75) is 78.8 Å². The summed E-state index contributed by atoms with van der Waals surface area (Å²) in [5.41, 5.74) is 7.30. The van der Waals surface area contributed by atoms with Crippen LogP contribution in [-0.2, 0) is 4.79 Å². The number of aliphatic imine (C=N–C) groups is 1. The average Bonchev–Trinajstić information content (AvgIpc) is 2.75. The second-order valence-electron chi connectivity index (χ2n) is 8.62. The van der Waals surface area contributed by atoms with Crippen LogP contribution < -0.4 is 21.4 Å². The molecule has 0 radical (unpaired) electrons. The molecule has 1 aromatic rings. The minimum atomic E-state index is -0.291. The van der Waals surface area contributed by atoms with E-state index < -0.39 is 0 Å². The van der Waals surface area contributed by atoms with Gasteiger partial charge in [-0.05, 0) is 58.2 Å². The summed E-state index contributed by atoms with van der Waals surface area (Å²) in [5.74, 6) is 1.38. The molecule has 184 valence electrons. The average molecular weight is 457 g/mol. The van der Waals surface area contributed by atoms with Crippen LogP contribution in [0.4, 0.5) is 5.69 Å². The first-order chi connectivity index (χ1) is 15.2. The van der Waals surface area contributed by atoms with Gasteiger partial charge < -0.3 is 16.4 Å². The van der Waals surface area contributed by atoms with E-state index in [0.29, 0.717) is 30.7 Å². The summed E-state index contributed by atoms with van der Waals surface area (Å²) < 4.78 is 0. The molecular formula is C26H44N6O. The van der Waals surface area contributed by atoms with Crippen LogP contribution in [0.2, 0.25) is 0 Å². The number of amides is 1. The van der Waals surface area contributed by atoms with Crippen molar-refractivity contribution in [3.8, 4) is 0 Å². The summed E-state index contributed by atoms with van der Waals surface area (Å²) in [6.45, 7) is 16.0. The van der Waals surface area contributed by atoms with Crippen LogP contribution in [0.3, 0.4) is 0 Å². The van der Waals surface area contributed by atoms with Crippen LogP contribution >= 0.6 is 0 Å². The highest BCUT2D eigenvalue weighted by atomic mass is 16.1. The van der Waals surface area contributed by atoms with Gasteiger partial charge in [0.25, 0.3) is 0 Å². The lowest BCUT2D eigenvalue weighted by Crippen LogP contribution is -2.42. The number of carbonyl (C=O) groups excluding carboxylic acids is 1. The van der Waals surface area contributed by atoms with Crippen molar-refractivity contribution in [1.82, 2.24) is 10.6 Å². The maximum atomic E-state index is 9.68. The van der Waals surface area contributed by atoms with Gasteiger partial charge in [-0.1, -0.05) is 57.5 Å². The number of allylic oxidation sites excluding steroid dienone is 1. The lowest BCUT2D eigenvalue weighted by atomic mass is 9.96. The Balaban J connectivity index is 0.000000978. The molecule has 1 aliphatic rings. The van der Waals surface area contributed by atoms with Crippen molar-refractivity contribution in [1.29, 1.82) is 0 Å². The van der Waals surface area contributed by atoms with Gasteiger partial charge in [0.15, 0.2) is 5.84 Å². The molecule has 2 rings (SSSR count). The number of amidine groups is 1. The molecule has 0 atom stereocenters. The third-order valence-electron chi connectivity index (χ3n) is 4.88. The van der Waals surface area contributed by atoms with Gasteiger partial charge in [0, 0.05) is 24.8 Å². The number of nitrogens with one attached hydrogen (secondary N) is 2. The molecule has 7 nitrogen and oxygen atoms in total. The lowest BCUT2D eigenvalue weighted by Gasteiger charge is -2.25. The van der Waals surface area contributed by atoms with Gasteiger partial charge in [-0.25, -0.2) is 10.0 Å². The summed E-state index contributed by atoms with van der Waals surface area (Å²) in [6.07, 6.45) is 10.8. The van der Waals surface area contributed by atoms with E-state index in [4.69, 9.17) is 5.73 Å². The molecule has 1 aromatic carbocycles. The topological polar surface area (TPSA) is 95.1 Å². The quantitative estimate of drug-likeness (QED) is 0.213. The maximum absolute atomic E-state index is 9.68. The minimum Gasteiger partial charge on any atom is -0.368 e. The van der Waals surface area contributed by atoms with Crippen molar-refractivity contribution in [3.63, 3.8) is 0 Å². The van der Waals surface area contributed by atoms with Crippen molar-refractivity contribution in [2.24, 2.45) is 15.8 Å². The first-order valence-corrected chi connectivity index (χ1v) is 11.2. The summed E-state index contributed by atoms with van der Waals surface area (Å²) in [7, 11) is 0. The number of para-hydroxylation sites is 1. The molecular weight excluding hydrogens is 412 g/mol. The van der Waals surface area contributed by atoms with Crippen molar-refractivity contribution < 1.29 is 4.79 Å². The van der Waals surface area contributed by atoms with Crippen LogP contribution in [0, 0.1) is 6.92 Å². The number of hydrazone groups is 1. The highest BCUT2D eigenvalue weighted by molar-refractivity contribution is 6.06.